The molecular formula is C14H23N3O7. The first-order valence-electron chi connectivity index (χ1n) is 7.82. The third-order valence-electron chi connectivity index (χ3n) is 4.32. The number of carboxylic acid groups (broad SMARTS) is 1. The molecule has 0 spiro atoms. The molecule has 2 aliphatic rings. The van der Waals surface area contributed by atoms with Gasteiger partial charge in [-0.15, -0.1) is 0 Å². The van der Waals surface area contributed by atoms with Gasteiger partial charge >= 0.3 is 5.97 Å². The van der Waals surface area contributed by atoms with E-state index in [1.165, 1.54) is 11.8 Å². The molecule has 6 atom stereocenters. The fourth-order valence-corrected chi connectivity index (χ4v) is 3.05. The Labute approximate surface area is 138 Å². The molecule has 0 aromatic rings. The smallest absolute Gasteiger partial charge is 0.328 e. The molecule has 0 radical (unpaired) electrons. The van der Waals surface area contributed by atoms with E-state index in [2.05, 4.69) is 10.6 Å². The Hall–Kier alpha value is -1.75. The van der Waals surface area contributed by atoms with Crippen molar-refractivity contribution in [2.45, 2.75) is 56.2 Å². The lowest BCUT2D eigenvalue weighted by Crippen LogP contribution is -2.55. The number of aliphatic carboxylic acids is 1. The molecular weight excluding hydrogens is 322 g/mol. The second-order valence-electron chi connectivity index (χ2n) is 6.31. The maximum atomic E-state index is 12.5. The zero-order valence-electron chi connectivity index (χ0n) is 13.3. The van der Waals surface area contributed by atoms with Crippen molar-refractivity contribution in [3.63, 3.8) is 0 Å². The molecule has 2 fully saturated rings. The molecule has 136 valence electrons. The van der Waals surface area contributed by atoms with Gasteiger partial charge in [0.15, 0.2) is 6.04 Å². The Morgan fingerprint density at radius 1 is 1.21 bits per heavy atom. The number of aliphatic hydroxyl groups excluding tert-OH is 3. The molecule has 0 aromatic carbocycles. The number of nitrogens with zero attached hydrogens (tertiary/aromatic N) is 1. The van der Waals surface area contributed by atoms with E-state index in [1.807, 2.05) is 0 Å². The van der Waals surface area contributed by atoms with E-state index < -0.39 is 54.2 Å². The number of aliphatic hydroxyl groups is 3. The van der Waals surface area contributed by atoms with Gasteiger partial charge in [-0.25, -0.2) is 4.79 Å². The Kier molecular flexibility index (Phi) is 5.75. The van der Waals surface area contributed by atoms with Crippen LogP contribution >= 0.6 is 0 Å². The van der Waals surface area contributed by atoms with E-state index in [1.54, 1.807) is 0 Å². The number of hydrogen-bond acceptors (Lipinski definition) is 7. The van der Waals surface area contributed by atoms with Crippen LogP contribution in [0.5, 0.6) is 0 Å². The van der Waals surface area contributed by atoms with Crippen LogP contribution in [-0.2, 0) is 14.4 Å². The maximum Gasteiger partial charge on any atom is 0.328 e. The Morgan fingerprint density at radius 3 is 2.38 bits per heavy atom. The maximum absolute atomic E-state index is 12.5. The number of rotatable bonds is 5. The Balaban J connectivity index is 2.07. The minimum Gasteiger partial charge on any atom is -0.480 e. The van der Waals surface area contributed by atoms with Crippen LogP contribution < -0.4 is 10.6 Å². The molecule has 2 heterocycles. The average molecular weight is 345 g/mol. The van der Waals surface area contributed by atoms with E-state index in [0.29, 0.717) is 0 Å². The molecule has 2 saturated heterocycles. The second kappa shape index (κ2) is 7.43. The Bertz CT molecular complexity index is 513. The number of carbonyl (C=O) groups is 3. The van der Waals surface area contributed by atoms with Gasteiger partial charge in [0.05, 0.1) is 24.4 Å². The quantitative estimate of drug-likeness (QED) is 0.301. The molecule has 24 heavy (non-hydrogen) atoms. The van der Waals surface area contributed by atoms with Gasteiger partial charge in [-0.05, 0) is 13.3 Å². The fourth-order valence-electron chi connectivity index (χ4n) is 3.05. The minimum absolute atomic E-state index is 0.0149. The molecule has 0 bridgehead atoms. The number of carbonyl (C=O) groups excluding carboxylic acids is 2. The number of carboxylic acids is 1. The molecule has 10 nitrogen and oxygen atoms in total. The van der Waals surface area contributed by atoms with Crippen LogP contribution in [-0.4, -0.2) is 92.6 Å². The van der Waals surface area contributed by atoms with Crippen molar-refractivity contribution in [2.75, 3.05) is 13.1 Å². The summed E-state index contributed by atoms with van der Waals surface area (Å²) in [6.07, 6.45) is -2.66. The van der Waals surface area contributed by atoms with Crippen molar-refractivity contribution in [1.82, 2.24) is 15.5 Å². The van der Waals surface area contributed by atoms with Crippen LogP contribution in [0.15, 0.2) is 0 Å². The molecule has 0 aromatic heterocycles. The predicted octanol–water partition coefficient (Wildman–Crippen LogP) is -3.38. The van der Waals surface area contributed by atoms with Crippen molar-refractivity contribution in [3.05, 3.63) is 0 Å². The summed E-state index contributed by atoms with van der Waals surface area (Å²) in [6, 6.07) is -3.17. The van der Waals surface area contributed by atoms with Gasteiger partial charge in [0, 0.05) is 19.5 Å². The molecule has 0 aliphatic carbocycles. The van der Waals surface area contributed by atoms with Gasteiger partial charge < -0.3 is 36.0 Å². The monoisotopic (exact) mass is 345 g/mol. The number of nitrogens with one attached hydrogen (secondary N) is 2. The van der Waals surface area contributed by atoms with Crippen molar-refractivity contribution in [3.8, 4) is 0 Å². The minimum atomic E-state index is -1.50. The normalized spacial score (nSPS) is 32.4. The van der Waals surface area contributed by atoms with Gasteiger partial charge in [-0.3, -0.25) is 9.59 Å². The SMILES string of the molecule is C[C@@H](O)[C@H](NC(=O)[C@@H]1C[C@@H](O)CN1C(=O)[C@@H]1C[C@@H](O)CN1)C(=O)O. The second-order valence-corrected chi connectivity index (χ2v) is 6.31. The summed E-state index contributed by atoms with van der Waals surface area (Å²) in [4.78, 5) is 37.1. The Morgan fingerprint density at radius 2 is 1.88 bits per heavy atom. The molecule has 2 amide bonds. The van der Waals surface area contributed by atoms with Crippen molar-refractivity contribution in [1.29, 1.82) is 0 Å². The van der Waals surface area contributed by atoms with E-state index in [9.17, 15) is 29.7 Å². The summed E-state index contributed by atoms with van der Waals surface area (Å²) in [5.41, 5.74) is 0. The standard InChI is InChI=1S/C14H23N3O7/c1-6(18)11(14(23)24)16-12(21)10-3-8(20)5-17(10)13(22)9-2-7(19)4-15-9/h6-11,15,18-20H,2-5H2,1H3,(H,16,21)(H,23,24)/t6-,7-,8-,9+,10+,11+/m1/s1. The van der Waals surface area contributed by atoms with Crippen LogP contribution in [0.2, 0.25) is 0 Å². The lowest BCUT2D eigenvalue weighted by molar-refractivity contribution is -0.146. The summed E-state index contributed by atoms with van der Waals surface area (Å²) in [6.45, 7) is 1.46. The van der Waals surface area contributed by atoms with Gasteiger partial charge in [0.25, 0.3) is 0 Å². The van der Waals surface area contributed by atoms with Gasteiger partial charge in [0.2, 0.25) is 11.8 Å². The molecule has 0 unspecified atom stereocenters. The number of amides is 2. The summed E-state index contributed by atoms with van der Waals surface area (Å²) >= 11 is 0. The third kappa shape index (κ3) is 4.01. The van der Waals surface area contributed by atoms with Crippen LogP contribution in [0.3, 0.4) is 0 Å². The van der Waals surface area contributed by atoms with Crippen molar-refractivity contribution in [2.24, 2.45) is 0 Å². The highest BCUT2D eigenvalue weighted by molar-refractivity contribution is 5.92. The van der Waals surface area contributed by atoms with Gasteiger partial charge in [-0.1, -0.05) is 0 Å². The summed E-state index contributed by atoms with van der Waals surface area (Å²) in [5, 5.41) is 42.8. The zero-order chi connectivity index (χ0) is 18.0. The highest BCUT2D eigenvalue weighted by Gasteiger charge is 2.43. The summed E-state index contributed by atoms with van der Waals surface area (Å²) < 4.78 is 0. The van der Waals surface area contributed by atoms with Crippen LogP contribution in [0.4, 0.5) is 0 Å². The zero-order valence-corrected chi connectivity index (χ0v) is 13.3. The van der Waals surface area contributed by atoms with E-state index in [0.717, 1.165) is 0 Å². The molecule has 0 saturated carbocycles. The lowest BCUT2D eigenvalue weighted by atomic mass is 10.1. The third-order valence-corrected chi connectivity index (χ3v) is 4.32. The topological polar surface area (TPSA) is 159 Å². The summed E-state index contributed by atoms with van der Waals surface area (Å²) in [7, 11) is 0. The number of β-amino-alcohol motifs (C(OH)–C–C–N with tert-alkyl or cyclic N) is 2. The van der Waals surface area contributed by atoms with E-state index in [-0.39, 0.29) is 25.9 Å². The first-order chi connectivity index (χ1) is 11.2. The first kappa shape index (κ1) is 18.6. The van der Waals surface area contributed by atoms with Crippen LogP contribution in [0.25, 0.3) is 0 Å². The number of likely N-dealkylation sites (tertiary alicyclic amines) is 1. The fraction of sp³-hybridized carbons (Fsp3) is 0.786. The highest BCUT2D eigenvalue weighted by atomic mass is 16.4. The van der Waals surface area contributed by atoms with Gasteiger partial charge in [-0.2, -0.15) is 0 Å². The summed E-state index contributed by atoms with van der Waals surface area (Å²) in [5.74, 6) is -2.56. The highest BCUT2D eigenvalue weighted by Crippen LogP contribution is 2.21. The lowest BCUT2D eigenvalue weighted by Gasteiger charge is -2.28. The largest absolute Gasteiger partial charge is 0.480 e. The molecule has 2 aliphatic heterocycles. The average Bonchev–Trinajstić information content (AvgIpc) is 3.09. The molecule has 10 heteroatoms. The van der Waals surface area contributed by atoms with Crippen molar-refractivity contribution < 1.29 is 34.8 Å². The molecule has 2 rings (SSSR count). The van der Waals surface area contributed by atoms with Gasteiger partial charge in [0.1, 0.15) is 6.04 Å². The van der Waals surface area contributed by atoms with Crippen molar-refractivity contribution >= 4 is 17.8 Å². The number of hydrogen-bond donors (Lipinski definition) is 6. The molecule has 6 N–H and O–H groups in total. The van der Waals surface area contributed by atoms with Crippen LogP contribution in [0, 0.1) is 0 Å². The first-order valence-corrected chi connectivity index (χ1v) is 7.82. The van der Waals surface area contributed by atoms with Crippen LogP contribution in [0.1, 0.15) is 19.8 Å². The predicted molar refractivity (Wildman–Crippen MR) is 79.8 cm³/mol. The van der Waals surface area contributed by atoms with E-state index >= 15 is 0 Å². The van der Waals surface area contributed by atoms with E-state index in [4.69, 9.17) is 5.11 Å².